The molecule has 0 saturated carbocycles. The number of nitrogens with zero attached hydrogens (tertiary/aromatic N) is 4. The van der Waals surface area contributed by atoms with Gasteiger partial charge in [0.15, 0.2) is 6.29 Å². The zero-order valence-corrected chi connectivity index (χ0v) is 31.8. The smallest absolute Gasteiger partial charge is 0.207 e. The number of ether oxygens (including phenoxy) is 1. The maximum Gasteiger partial charge on any atom is 0.207 e. The molecule has 5 rings (SSSR count). The summed E-state index contributed by atoms with van der Waals surface area (Å²) in [6.45, 7) is 13.4. The molecule has 1 atom stereocenters. The van der Waals surface area contributed by atoms with Crippen LogP contribution >= 0.6 is 23.2 Å². The second-order valence-electron chi connectivity index (χ2n) is 12.3. The zero-order valence-electron chi connectivity index (χ0n) is 30.3. The number of hydrogen-bond acceptors (Lipinski definition) is 6. The number of halogens is 2. The lowest BCUT2D eigenvalue weighted by Crippen LogP contribution is -2.22. The second-order valence-corrected chi connectivity index (χ2v) is 13.0. The van der Waals surface area contributed by atoms with E-state index in [1.807, 2.05) is 90.7 Å². The molecule has 11 heteroatoms. The predicted molar refractivity (Wildman–Crippen MR) is 205 cm³/mol. The van der Waals surface area contributed by atoms with E-state index in [1.54, 1.807) is 4.68 Å². The molecule has 0 radical (unpaired) electrons. The maximum atomic E-state index is 12.1. The first-order chi connectivity index (χ1) is 24.0. The number of nitrogens with one attached hydrogen (secondary N) is 2. The van der Waals surface area contributed by atoms with Crippen LogP contribution in [0.1, 0.15) is 76.7 Å². The van der Waals surface area contributed by atoms with Crippen molar-refractivity contribution in [3.8, 4) is 16.9 Å². The molecule has 2 aromatic heterocycles. The van der Waals surface area contributed by atoms with Crippen LogP contribution in [0.4, 0.5) is 5.69 Å². The van der Waals surface area contributed by atoms with E-state index in [2.05, 4.69) is 33.0 Å². The Labute approximate surface area is 305 Å². The standard InChI is InChI=1S/C37H42Cl2N6O3.C2H6/c1-22-17-28(18-23(2)36(22)39)48-16-8-10-26(19-27-9-7-11-32-34(27)31(20-46)43-45(32)6)29-12-13-30(38)35(37(29)41-15-14-40-21-47)33-24(3)42-44(5)25(33)4;1-2/h7,9,11-13,17-18,20-21,26,41H,8,10,14-16,19H2,1-6H3,(H,40,47);1-2H3. The Morgan fingerprint density at radius 3 is 2.28 bits per heavy atom. The molecular weight excluding hydrogens is 671 g/mol. The number of carbonyl (C=O) groups excluding carboxylic acids is 2. The number of rotatable bonds is 15. The summed E-state index contributed by atoms with van der Waals surface area (Å²) in [6.07, 6.45) is 3.72. The molecule has 9 nitrogen and oxygen atoms in total. The number of anilines is 1. The van der Waals surface area contributed by atoms with Gasteiger partial charge in [0, 0.05) is 60.1 Å². The largest absolute Gasteiger partial charge is 0.494 e. The molecule has 1 unspecified atom stereocenters. The molecular formula is C39H48Cl2N6O3. The van der Waals surface area contributed by atoms with Crippen LogP contribution in [0.15, 0.2) is 42.5 Å². The van der Waals surface area contributed by atoms with Crippen molar-refractivity contribution in [3.63, 3.8) is 0 Å². The van der Waals surface area contributed by atoms with Crippen LogP contribution in [0.3, 0.4) is 0 Å². The Kier molecular flexibility index (Phi) is 13.5. The number of aryl methyl sites for hydroxylation is 5. The van der Waals surface area contributed by atoms with Crippen LogP contribution in [-0.4, -0.2) is 52.0 Å². The Morgan fingerprint density at radius 2 is 1.64 bits per heavy atom. The minimum Gasteiger partial charge on any atom is -0.494 e. The lowest BCUT2D eigenvalue weighted by Gasteiger charge is -2.25. The number of hydrogen-bond donors (Lipinski definition) is 2. The minimum absolute atomic E-state index is 0.00225. The Hall–Kier alpha value is -4.34. The molecule has 0 saturated heterocycles. The molecule has 0 aliphatic carbocycles. The minimum atomic E-state index is 0.00225. The highest BCUT2D eigenvalue weighted by atomic mass is 35.5. The average Bonchev–Trinajstić information content (AvgIpc) is 3.57. The summed E-state index contributed by atoms with van der Waals surface area (Å²) < 4.78 is 9.85. The summed E-state index contributed by atoms with van der Waals surface area (Å²) >= 11 is 13.4. The van der Waals surface area contributed by atoms with Gasteiger partial charge in [0.25, 0.3) is 0 Å². The number of carbonyl (C=O) groups is 2. The normalized spacial score (nSPS) is 11.6. The molecule has 3 aromatic carbocycles. The third-order valence-electron chi connectivity index (χ3n) is 8.98. The van der Waals surface area contributed by atoms with Gasteiger partial charge in [-0.15, -0.1) is 0 Å². The molecule has 2 heterocycles. The lowest BCUT2D eigenvalue weighted by atomic mass is 9.84. The van der Waals surface area contributed by atoms with Gasteiger partial charge in [-0.25, -0.2) is 0 Å². The molecule has 50 heavy (non-hydrogen) atoms. The van der Waals surface area contributed by atoms with E-state index in [4.69, 9.17) is 27.9 Å². The van der Waals surface area contributed by atoms with Crippen LogP contribution in [0.25, 0.3) is 22.0 Å². The molecule has 266 valence electrons. The van der Waals surface area contributed by atoms with Crippen molar-refractivity contribution in [3.05, 3.63) is 91.8 Å². The Morgan fingerprint density at radius 1 is 0.920 bits per heavy atom. The van der Waals surface area contributed by atoms with Crippen molar-refractivity contribution in [1.29, 1.82) is 0 Å². The summed E-state index contributed by atoms with van der Waals surface area (Å²) in [4.78, 5) is 23.2. The first kappa shape index (κ1) is 38.5. The number of amides is 1. The third-order valence-corrected chi connectivity index (χ3v) is 9.90. The summed E-state index contributed by atoms with van der Waals surface area (Å²) in [7, 11) is 3.78. The van der Waals surface area contributed by atoms with Crippen LogP contribution in [0, 0.1) is 27.7 Å². The highest BCUT2D eigenvalue weighted by Crippen LogP contribution is 2.44. The zero-order chi connectivity index (χ0) is 36.5. The van der Waals surface area contributed by atoms with Gasteiger partial charge in [-0.05, 0) is 99.4 Å². The first-order valence-electron chi connectivity index (χ1n) is 17.1. The van der Waals surface area contributed by atoms with Crippen LogP contribution in [-0.2, 0) is 25.3 Å². The van der Waals surface area contributed by atoms with Gasteiger partial charge in [-0.2, -0.15) is 10.2 Å². The summed E-state index contributed by atoms with van der Waals surface area (Å²) in [5.41, 5.74) is 10.0. The summed E-state index contributed by atoms with van der Waals surface area (Å²) in [5, 5.41) is 17.8. The highest BCUT2D eigenvalue weighted by Gasteiger charge is 2.26. The van der Waals surface area contributed by atoms with Gasteiger partial charge >= 0.3 is 0 Å². The topological polar surface area (TPSA) is 103 Å². The SMILES string of the molecule is CC.Cc1cc(OCCCC(Cc2cccc3c2c(C=O)nn3C)c2ccc(Cl)c(-c3c(C)nn(C)c3C)c2NCCNC=O)cc(C)c1Cl. The van der Waals surface area contributed by atoms with Crippen LogP contribution in [0.2, 0.25) is 10.0 Å². The van der Waals surface area contributed by atoms with E-state index in [0.717, 1.165) is 91.3 Å². The quantitative estimate of drug-likeness (QED) is 0.0829. The molecule has 2 N–H and O–H groups in total. The lowest BCUT2D eigenvalue weighted by molar-refractivity contribution is -0.109. The van der Waals surface area contributed by atoms with Gasteiger partial charge in [0.1, 0.15) is 11.4 Å². The molecule has 0 bridgehead atoms. The monoisotopic (exact) mass is 718 g/mol. The second kappa shape index (κ2) is 17.5. The van der Waals surface area contributed by atoms with E-state index < -0.39 is 0 Å². The number of fused-ring (bicyclic) bond motifs is 1. The fourth-order valence-corrected chi connectivity index (χ4v) is 7.00. The number of benzene rings is 3. The molecule has 0 aliphatic rings. The summed E-state index contributed by atoms with van der Waals surface area (Å²) in [6, 6.07) is 14.1. The fraction of sp³-hybridized carbons (Fsp3) is 0.385. The van der Waals surface area contributed by atoms with Gasteiger partial charge in [0.2, 0.25) is 6.41 Å². The molecule has 1 amide bonds. The van der Waals surface area contributed by atoms with Gasteiger partial charge < -0.3 is 15.4 Å². The van der Waals surface area contributed by atoms with Gasteiger partial charge in [0.05, 0.1) is 22.8 Å². The summed E-state index contributed by atoms with van der Waals surface area (Å²) in [5.74, 6) is 0.797. The van der Waals surface area contributed by atoms with Crippen LogP contribution in [0.5, 0.6) is 5.75 Å². The highest BCUT2D eigenvalue weighted by molar-refractivity contribution is 6.34. The van der Waals surface area contributed by atoms with Crippen LogP contribution < -0.4 is 15.4 Å². The van der Waals surface area contributed by atoms with Crippen molar-refractivity contribution >= 4 is 52.5 Å². The molecule has 0 fully saturated rings. The Balaban J connectivity index is 0.00000276. The van der Waals surface area contributed by atoms with E-state index in [9.17, 15) is 9.59 Å². The van der Waals surface area contributed by atoms with Crippen molar-refractivity contribution in [2.24, 2.45) is 14.1 Å². The molecule has 0 spiro atoms. The Bertz CT molecular complexity index is 1940. The molecule has 5 aromatic rings. The third kappa shape index (κ3) is 8.33. The average molecular weight is 720 g/mol. The van der Waals surface area contributed by atoms with Crippen molar-refractivity contribution < 1.29 is 14.3 Å². The van der Waals surface area contributed by atoms with Gasteiger partial charge in [-0.1, -0.05) is 55.2 Å². The molecule has 0 aliphatic heterocycles. The predicted octanol–water partition coefficient (Wildman–Crippen LogP) is 8.70. The van der Waals surface area contributed by atoms with Crippen molar-refractivity contribution in [2.45, 2.75) is 66.7 Å². The van der Waals surface area contributed by atoms with E-state index in [-0.39, 0.29) is 5.92 Å². The fourth-order valence-electron chi connectivity index (χ4n) is 6.63. The maximum absolute atomic E-state index is 12.1. The van der Waals surface area contributed by atoms with Crippen molar-refractivity contribution in [2.75, 3.05) is 25.0 Å². The van der Waals surface area contributed by atoms with E-state index >= 15 is 0 Å². The number of aldehydes is 1. The number of aromatic nitrogens is 4. The first-order valence-corrected chi connectivity index (χ1v) is 17.8. The van der Waals surface area contributed by atoms with E-state index in [0.29, 0.717) is 43.2 Å². The van der Waals surface area contributed by atoms with Crippen molar-refractivity contribution in [1.82, 2.24) is 24.9 Å². The van der Waals surface area contributed by atoms with Gasteiger partial charge in [-0.3, -0.25) is 19.0 Å². The van der Waals surface area contributed by atoms with E-state index in [1.165, 1.54) is 0 Å².